The zero-order valence-electron chi connectivity index (χ0n) is 18.0. The Morgan fingerprint density at radius 2 is 1.82 bits per heavy atom. The maximum Gasteiger partial charge on any atom is 0.342 e. The Morgan fingerprint density at radius 3 is 2.48 bits per heavy atom. The molecule has 3 rings (SSSR count). The van der Waals surface area contributed by atoms with Gasteiger partial charge in [-0.1, -0.05) is 11.6 Å². The lowest BCUT2D eigenvalue weighted by Gasteiger charge is -2.26. The predicted molar refractivity (Wildman–Crippen MR) is 119 cm³/mol. The molecule has 1 aliphatic heterocycles. The third-order valence-electron chi connectivity index (χ3n) is 4.77. The molecule has 33 heavy (non-hydrogen) atoms. The minimum atomic E-state index is -3.87. The minimum absolute atomic E-state index is 0.0255. The van der Waals surface area contributed by atoms with Crippen LogP contribution in [-0.2, 0) is 24.3 Å². The summed E-state index contributed by atoms with van der Waals surface area (Å²) in [5.74, 6) is -0.702. The molecule has 0 bridgehead atoms. The first-order valence-corrected chi connectivity index (χ1v) is 11.6. The fraction of sp³-hybridized carbons (Fsp3) is 0.333. The highest BCUT2D eigenvalue weighted by molar-refractivity contribution is 7.89. The molecular weight excluding hydrogens is 476 g/mol. The van der Waals surface area contributed by atoms with E-state index in [4.69, 9.17) is 30.5 Å². The molecule has 0 spiro atoms. The number of amides is 1. The highest BCUT2D eigenvalue weighted by Gasteiger charge is 2.28. The fourth-order valence-corrected chi connectivity index (χ4v) is 4.99. The van der Waals surface area contributed by atoms with Gasteiger partial charge in [0.2, 0.25) is 10.0 Å². The SMILES string of the molecule is COc1ccc(C(=O)OCC(=O)Nc2ccc(Cl)c(S(=O)(=O)N3CCOCC3)c2)c(OC)c1. The summed E-state index contributed by atoms with van der Waals surface area (Å²) >= 11 is 6.12. The molecule has 2 aromatic carbocycles. The molecule has 1 saturated heterocycles. The quantitative estimate of drug-likeness (QED) is 0.550. The van der Waals surface area contributed by atoms with E-state index in [1.54, 1.807) is 6.07 Å². The third-order valence-corrected chi connectivity index (χ3v) is 7.15. The van der Waals surface area contributed by atoms with E-state index in [-0.39, 0.29) is 53.2 Å². The van der Waals surface area contributed by atoms with E-state index in [0.717, 1.165) is 0 Å². The van der Waals surface area contributed by atoms with Gasteiger partial charge < -0.3 is 24.3 Å². The zero-order valence-corrected chi connectivity index (χ0v) is 19.6. The second-order valence-corrected chi connectivity index (χ2v) is 9.17. The number of nitrogens with one attached hydrogen (secondary N) is 1. The summed E-state index contributed by atoms with van der Waals surface area (Å²) in [6.45, 7) is 0.400. The van der Waals surface area contributed by atoms with Crippen molar-refractivity contribution in [3.05, 3.63) is 47.0 Å². The number of hydrogen-bond donors (Lipinski definition) is 1. The van der Waals surface area contributed by atoms with Crippen LogP contribution in [0.3, 0.4) is 0 Å². The smallest absolute Gasteiger partial charge is 0.342 e. The normalized spacial score (nSPS) is 14.4. The number of morpholine rings is 1. The number of methoxy groups -OCH3 is 2. The van der Waals surface area contributed by atoms with E-state index in [0.29, 0.717) is 5.75 Å². The van der Waals surface area contributed by atoms with Gasteiger partial charge in [-0.05, 0) is 30.3 Å². The van der Waals surface area contributed by atoms with Crippen LogP contribution >= 0.6 is 11.6 Å². The van der Waals surface area contributed by atoms with Gasteiger partial charge in [0.25, 0.3) is 5.91 Å². The average Bonchev–Trinajstić information content (AvgIpc) is 2.83. The van der Waals surface area contributed by atoms with Crippen LogP contribution in [-0.4, -0.2) is 71.7 Å². The van der Waals surface area contributed by atoms with Gasteiger partial charge in [0, 0.05) is 24.8 Å². The van der Waals surface area contributed by atoms with Crippen molar-refractivity contribution in [2.24, 2.45) is 0 Å². The number of halogens is 1. The van der Waals surface area contributed by atoms with Crippen molar-refractivity contribution in [2.75, 3.05) is 52.4 Å². The zero-order chi connectivity index (χ0) is 24.0. The van der Waals surface area contributed by atoms with Crippen molar-refractivity contribution in [3.63, 3.8) is 0 Å². The van der Waals surface area contributed by atoms with Gasteiger partial charge in [-0.15, -0.1) is 0 Å². The van der Waals surface area contributed by atoms with Crippen molar-refractivity contribution in [2.45, 2.75) is 4.90 Å². The number of rotatable bonds is 8. The minimum Gasteiger partial charge on any atom is -0.497 e. The molecular formula is C21H23ClN2O8S. The van der Waals surface area contributed by atoms with Crippen molar-refractivity contribution in [1.82, 2.24) is 4.31 Å². The maximum atomic E-state index is 12.9. The lowest BCUT2D eigenvalue weighted by Crippen LogP contribution is -2.40. The monoisotopic (exact) mass is 498 g/mol. The van der Waals surface area contributed by atoms with Gasteiger partial charge in [-0.2, -0.15) is 4.31 Å². The van der Waals surface area contributed by atoms with Gasteiger partial charge in [-0.3, -0.25) is 4.79 Å². The van der Waals surface area contributed by atoms with E-state index < -0.39 is 28.5 Å². The molecule has 12 heteroatoms. The summed E-state index contributed by atoms with van der Waals surface area (Å²) in [5, 5.41) is 2.53. The van der Waals surface area contributed by atoms with Crippen LogP contribution in [0.2, 0.25) is 5.02 Å². The predicted octanol–water partition coefficient (Wildman–Crippen LogP) is 2.17. The summed E-state index contributed by atoms with van der Waals surface area (Å²) in [7, 11) is -0.998. The number of ether oxygens (including phenoxy) is 4. The van der Waals surface area contributed by atoms with Crippen molar-refractivity contribution in [3.8, 4) is 11.5 Å². The van der Waals surface area contributed by atoms with E-state index in [1.165, 1.54) is 48.9 Å². The first-order valence-electron chi connectivity index (χ1n) is 9.82. The largest absolute Gasteiger partial charge is 0.497 e. The number of sulfonamides is 1. The molecule has 1 amide bonds. The Labute approximate surface area is 196 Å². The summed E-state index contributed by atoms with van der Waals surface area (Å²) in [5.41, 5.74) is 0.311. The van der Waals surface area contributed by atoms with Crippen LogP contribution in [0.1, 0.15) is 10.4 Å². The standard InChI is InChI=1S/C21H23ClN2O8S/c1-29-15-4-5-16(18(12-15)30-2)21(26)32-13-20(25)23-14-3-6-17(22)19(11-14)33(27,28)24-7-9-31-10-8-24/h3-6,11-12H,7-10,13H2,1-2H3,(H,23,25). The Hall–Kier alpha value is -2.86. The van der Waals surface area contributed by atoms with Crippen molar-refractivity contribution < 1.29 is 37.0 Å². The molecule has 0 unspecified atom stereocenters. The maximum absolute atomic E-state index is 12.9. The van der Waals surface area contributed by atoms with Gasteiger partial charge in [0.05, 0.1) is 32.5 Å². The van der Waals surface area contributed by atoms with E-state index >= 15 is 0 Å². The Balaban J connectivity index is 1.66. The first kappa shape index (κ1) is 24.8. The van der Waals surface area contributed by atoms with Crippen LogP contribution < -0.4 is 14.8 Å². The van der Waals surface area contributed by atoms with E-state index in [9.17, 15) is 18.0 Å². The van der Waals surface area contributed by atoms with E-state index in [1.807, 2.05) is 0 Å². The molecule has 1 aliphatic rings. The van der Waals surface area contributed by atoms with Crippen LogP contribution in [0.5, 0.6) is 11.5 Å². The van der Waals surface area contributed by atoms with Crippen molar-refractivity contribution in [1.29, 1.82) is 0 Å². The Morgan fingerprint density at radius 1 is 1.09 bits per heavy atom. The summed E-state index contributed by atoms with van der Waals surface area (Å²) in [6, 6.07) is 8.62. The second-order valence-electron chi connectivity index (χ2n) is 6.85. The number of nitrogens with zero attached hydrogens (tertiary/aromatic N) is 1. The van der Waals surface area contributed by atoms with Crippen molar-refractivity contribution >= 4 is 39.2 Å². The molecule has 1 heterocycles. The molecule has 10 nitrogen and oxygen atoms in total. The van der Waals surface area contributed by atoms with Crippen LogP contribution in [0.15, 0.2) is 41.3 Å². The van der Waals surface area contributed by atoms with Gasteiger partial charge in [0.15, 0.2) is 6.61 Å². The van der Waals surface area contributed by atoms with Gasteiger partial charge >= 0.3 is 5.97 Å². The molecule has 1 fully saturated rings. The topological polar surface area (TPSA) is 120 Å². The van der Waals surface area contributed by atoms with Gasteiger partial charge in [0.1, 0.15) is 22.0 Å². The molecule has 0 aliphatic carbocycles. The number of esters is 1. The third kappa shape index (κ3) is 5.93. The highest BCUT2D eigenvalue weighted by atomic mass is 35.5. The molecule has 0 saturated carbocycles. The van der Waals surface area contributed by atoms with Gasteiger partial charge in [-0.25, -0.2) is 13.2 Å². The number of hydrogen-bond acceptors (Lipinski definition) is 8. The summed E-state index contributed by atoms with van der Waals surface area (Å²) < 4.78 is 47.6. The summed E-state index contributed by atoms with van der Waals surface area (Å²) in [6.07, 6.45) is 0. The lowest BCUT2D eigenvalue weighted by molar-refractivity contribution is -0.119. The highest BCUT2D eigenvalue weighted by Crippen LogP contribution is 2.28. The number of anilines is 1. The molecule has 2 aromatic rings. The second kappa shape index (κ2) is 10.8. The van der Waals surface area contributed by atoms with Crippen LogP contribution in [0.25, 0.3) is 0 Å². The molecule has 0 aromatic heterocycles. The van der Waals surface area contributed by atoms with Crippen LogP contribution in [0.4, 0.5) is 5.69 Å². The van der Waals surface area contributed by atoms with E-state index in [2.05, 4.69) is 5.32 Å². The number of carbonyl (C=O) groups excluding carboxylic acids is 2. The fourth-order valence-electron chi connectivity index (χ4n) is 3.08. The summed E-state index contributed by atoms with van der Waals surface area (Å²) in [4.78, 5) is 24.5. The molecule has 0 atom stereocenters. The Kier molecular flexibility index (Phi) is 8.14. The molecule has 0 radical (unpaired) electrons. The number of carbonyl (C=O) groups is 2. The van der Waals surface area contributed by atoms with Crippen LogP contribution in [0, 0.1) is 0 Å². The first-order chi connectivity index (χ1) is 15.8. The molecule has 1 N–H and O–H groups in total. The lowest BCUT2D eigenvalue weighted by atomic mass is 10.2. The number of benzene rings is 2. The Bertz CT molecular complexity index is 1130. The average molecular weight is 499 g/mol. The molecule has 178 valence electrons.